The van der Waals surface area contributed by atoms with Gasteiger partial charge in [0.15, 0.2) is 5.60 Å². The summed E-state index contributed by atoms with van der Waals surface area (Å²) in [6.45, 7) is 8.22. The molecule has 0 unspecified atom stereocenters. The van der Waals surface area contributed by atoms with Crippen molar-refractivity contribution >= 4 is 11.8 Å². The zero-order valence-corrected chi connectivity index (χ0v) is 14.4. The molecule has 3 rings (SSSR count). The fourth-order valence-electron chi connectivity index (χ4n) is 4.16. The Bertz CT molecular complexity index is 456. The predicted molar refractivity (Wildman–Crippen MR) is 87.0 cm³/mol. The fourth-order valence-corrected chi connectivity index (χ4v) is 4.16. The maximum absolute atomic E-state index is 12.9. The van der Waals surface area contributed by atoms with Crippen LogP contribution in [0.4, 0.5) is 0 Å². The maximum Gasteiger partial charge on any atom is 0.256 e. The first-order valence-electron chi connectivity index (χ1n) is 8.92. The van der Waals surface area contributed by atoms with Crippen LogP contribution in [0.5, 0.6) is 0 Å². The van der Waals surface area contributed by atoms with Crippen molar-refractivity contribution in [1.29, 1.82) is 0 Å². The first-order chi connectivity index (χ1) is 11.0. The molecule has 1 saturated carbocycles. The minimum atomic E-state index is -0.889. The first kappa shape index (κ1) is 16.7. The van der Waals surface area contributed by atoms with Crippen molar-refractivity contribution in [1.82, 2.24) is 14.7 Å². The number of carbonyl (C=O) groups is 2. The van der Waals surface area contributed by atoms with E-state index in [2.05, 4.69) is 4.90 Å². The van der Waals surface area contributed by atoms with E-state index >= 15 is 0 Å². The van der Waals surface area contributed by atoms with E-state index in [1.54, 1.807) is 11.8 Å². The van der Waals surface area contributed by atoms with Crippen LogP contribution in [0, 0.1) is 0 Å². The van der Waals surface area contributed by atoms with Crippen LogP contribution < -0.4 is 0 Å². The quantitative estimate of drug-likeness (QED) is 0.751. The number of carbonyl (C=O) groups excluding carboxylic acids is 2. The molecule has 23 heavy (non-hydrogen) atoms. The molecule has 2 aliphatic heterocycles. The fraction of sp³-hybridized carbons (Fsp3) is 0.882. The van der Waals surface area contributed by atoms with E-state index in [1.165, 1.54) is 25.7 Å². The van der Waals surface area contributed by atoms with Gasteiger partial charge in [-0.05, 0) is 19.8 Å². The average molecular weight is 323 g/mol. The lowest BCUT2D eigenvalue weighted by Gasteiger charge is -2.44. The second-order valence-electron chi connectivity index (χ2n) is 7.29. The summed E-state index contributed by atoms with van der Waals surface area (Å²) in [4.78, 5) is 30.7. The zero-order valence-electron chi connectivity index (χ0n) is 14.4. The Morgan fingerprint density at radius 3 is 2.26 bits per heavy atom. The van der Waals surface area contributed by atoms with Crippen molar-refractivity contribution in [2.24, 2.45) is 0 Å². The Balaban J connectivity index is 1.56. The highest BCUT2D eigenvalue weighted by Gasteiger charge is 2.43. The van der Waals surface area contributed by atoms with Crippen LogP contribution in [0.15, 0.2) is 0 Å². The lowest BCUT2D eigenvalue weighted by molar-refractivity contribution is -0.172. The van der Waals surface area contributed by atoms with Crippen molar-refractivity contribution in [2.45, 2.75) is 51.2 Å². The molecule has 0 bridgehead atoms. The number of ether oxygens (including phenoxy) is 1. The number of morpholine rings is 1. The zero-order chi connectivity index (χ0) is 16.4. The number of rotatable bonds is 2. The molecule has 1 atom stereocenters. The highest BCUT2D eigenvalue weighted by Crippen LogP contribution is 2.26. The van der Waals surface area contributed by atoms with Crippen LogP contribution in [-0.4, -0.2) is 84.0 Å². The maximum atomic E-state index is 12.9. The van der Waals surface area contributed by atoms with Gasteiger partial charge in [0, 0.05) is 45.7 Å². The molecule has 3 fully saturated rings. The number of nitrogens with zero attached hydrogens (tertiary/aromatic N) is 3. The van der Waals surface area contributed by atoms with Crippen LogP contribution >= 0.6 is 0 Å². The number of hydrogen-bond donors (Lipinski definition) is 0. The molecule has 2 saturated heterocycles. The summed E-state index contributed by atoms with van der Waals surface area (Å²) in [5.74, 6) is 0.0490. The Labute approximate surface area is 138 Å². The van der Waals surface area contributed by atoms with E-state index in [4.69, 9.17) is 4.74 Å². The SMILES string of the molecule is CC(=O)N1CCO[C@](C)(C(=O)N2CCN(C3CCCC3)CC2)C1. The van der Waals surface area contributed by atoms with Crippen molar-refractivity contribution in [3.05, 3.63) is 0 Å². The van der Waals surface area contributed by atoms with Crippen LogP contribution in [0.25, 0.3) is 0 Å². The van der Waals surface area contributed by atoms with Crippen molar-refractivity contribution < 1.29 is 14.3 Å². The van der Waals surface area contributed by atoms with E-state index in [0.717, 1.165) is 32.2 Å². The summed E-state index contributed by atoms with van der Waals surface area (Å²) < 4.78 is 5.79. The molecule has 0 aromatic rings. The summed E-state index contributed by atoms with van der Waals surface area (Å²) >= 11 is 0. The summed E-state index contributed by atoms with van der Waals surface area (Å²) in [5.41, 5.74) is -0.889. The normalized spacial score (nSPS) is 30.7. The van der Waals surface area contributed by atoms with E-state index in [0.29, 0.717) is 19.7 Å². The molecular formula is C17H29N3O3. The van der Waals surface area contributed by atoms with Gasteiger partial charge in [0.2, 0.25) is 5.91 Å². The largest absolute Gasteiger partial charge is 0.362 e. The number of amides is 2. The minimum Gasteiger partial charge on any atom is -0.362 e. The van der Waals surface area contributed by atoms with Crippen molar-refractivity contribution in [3.63, 3.8) is 0 Å². The second-order valence-corrected chi connectivity index (χ2v) is 7.29. The van der Waals surface area contributed by atoms with Crippen molar-refractivity contribution in [3.8, 4) is 0 Å². The van der Waals surface area contributed by atoms with Gasteiger partial charge >= 0.3 is 0 Å². The molecule has 6 heteroatoms. The summed E-state index contributed by atoms with van der Waals surface area (Å²) in [6.07, 6.45) is 5.30. The molecule has 130 valence electrons. The van der Waals surface area contributed by atoms with Crippen molar-refractivity contribution in [2.75, 3.05) is 45.9 Å². The van der Waals surface area contributed by atoms with Gasteiger partial charge in [-0.2, -0.15) is 0 Å². The summed E-state index contributed by atoms with van der Waals surface area (Å²) in [7, 11) is 0. The summed E-state index contributed by atoms with van der Waals surface area (Å²) in [6, 6.07) is 0.724. The molecule has 2 amide bonds. The molecule has 0 radical (unpaired) electrons. The molecular weight excluding hydrogens is 294 g/mol. The van der Waals surface area contributed by atoms with E-state index in [-0.39, 0.29) is 11.8 Å². The van der Waals surface area contributed by atoms with Gasteiger partial charge in [0.25, 0.3) is 5.91 Å². The van der Waals surface area contributed by atoms with Gasteiger partial charge in [-0.25, -0.2) is 0 Å². The molecule has 6 nitrogen and oxygen atoms in total. The van der Waals surface area contributed by atoms with Crippen LogP contribution in [0.3, 0.4) is 0 Å². The van der Waals surface area contributed by atoms with E-state index < -0.39 is 5.60 Å². The highest BCUT2D eigenvalue weighted by atomic mass is 16.5. The summed E-state index contributed by atoms with van der Waals surface area (Å²) in [5, 5.41) is 0. The van der Waals surface area contributed by atoms with Gasteiger partial charge in [-0.3, -0.25) is 14.5 Å². The third-order valence-corrected chi connectivity index (χ3v) is 5.61. The van der Waals surface area contributed by atoms with Gasteiger partial charge < -0.3 is 14.5 Å². The molecule has 0 spiro atoms. The third kappa shape index (κ3) is 3.53. The van der Waals surface area contributed by atoms with Gasteiger partial charge in [-0.15, -0.1) is 0 Å². The Kier molecular flexibility index (Phi) is 4.92. The first-order valence-corrected chi connectivity index (χ1v) is 8.92. The van der Waals surface area contributed by atoms with Gasteiger partial charge in [0.05, 0.1) is 13.2 Å². The molecule has 2 heterocycles. The lowest BCUT2D eigenvalue weighted by atomic mass is 10.0. The van der Waals surface area contributed by atoms with Gasteiger partial charge in [-0.1, -0.05) is 12.8 Å². The second kappa shape index (κ2) is 6.77. The molecule has 0 aromatic heterocycles. The van der Waals surface area contributed by atoms with Gasteiger partial charge in [0.1, 0.15) is 0 Å². The lowest BCUT2D eigenvalue weighted by Crippen LogP contribution is -2.62. The predicted octanol–water partition coefficient (Wildman–Crippen LogP) is 0.711. The van der Waals surface area contributed by atoms with E-state index in [1.807, 2.05) is 11.8 Å². The molecule has 0 aromatic carbocycles. The average Bonchev–Trinajstić information content (AvgIpc) is 3.09. The van der Waals surface area contributed by atoms with E-state index in [9.17, 15) is 9.59 Å². The monoisotopic (exact) mass is 323 g/mol. The smallest absolute Gasteiger partial charge is 0.256 e. The standard InChI is InChI=1S/C17H29N3O3/c1-14(21)20-11-12-23-17(2,13-20)16(22)19-9-7-18(8-10-19)15-5-3-4-6-15/h15H,3-13H2,1-2H3/t17-/m0/s1. The minimum absolute atomic E-state index is 0.0124. The van der Waals surface area contributed by atoms with Crippen LogP contribution in [-0.2, 0) is 14.3 Å². The number of hydrogen-bond acceptors (Lipinski definition) is 4. The topological polar surface area (TPSA) is 53.1 Å². The molecule has 3 aliphatic rings. The Morgan fingerprint density at radius 1 is 1.00 bits per heavy atom. The third-order valence-electron chi connectivity index (χ3n) is 5.61. The van der Waals surface area contributed by atoms with Crippen LogP contribution in [0.1, 0.15) is 39.5 Å². The molecule has 0 N–H and O–H groups in total. The van der Waals surface area contributed by atoms with Crippen LogP contribution in [0.2, 0.25) is 0 Å². The Morgan fingerprint density at radius 2 is 1.65 bits per heavy atom. The number of piperazine rings is 1. The Hall–Kier alpha value is -1.14. The molecule has 1 aliphatic carbocycles. The highest BCUT2D eigenvalue weighted by molar-refractivity contribution is 5.86.